The molecule has 0 radical (unpaired) electrons. The van der Waals surface area contributed by atoms with Crippen molar-refractivity contribution in [3.05, 3.63) is 29.3 Å². The van der Waals surface area contributed by atoms with Gasteiger partial charge in [-0.15, -0.1) is 0 Å². The van der Waals surface area contributed by atoms with Crippen LogP contribution in [0.3, 0.4) is 0 Å². The fourth-order valence-electron chi connectivity index (χ4n) is 3.01. The number of carbonyl (C=O) groups is 2. The molecule has 3 rings (SSSR count). The zero-order valence-corrected chi connectivity index (χ0v) is 11.7. The SMILES string of the molecule is CN1C(=O)CCc2cc(C(=O)C3CCOCC3)ccc21. The van der Waals surface area contributed by atoms with Gasteiger partial charge in [0.25, 0.3) is 0 Å². The van der Waals surface area contributed by atoms with E-state index in [1.165, 1.54) is 0 Å². The molecule has 0 atom stereocenters. The molecule has 0 spiro atoms. The van der Waals surface area contributed by atoms with E-state index in [4.69, 9.17) is 4.74 Å². The number of hydrogen-bond donors (Lipinski definition) is 0. The van der Waals surface area contributed by atoms with Crippen molar-refractivity contribution < 1.29 is 14.3 Å². The van der Waals surface area contributed by atoms with E-state index < -0.39 is 0 Å². The van der Waals surface area contributed by atoms with E-state index in [0.717, 1.165) is 36.1 Å². The van der Waals surface area contributed by atoms with Crippen LogP contribution in [-0.4, -0.2) is 32.0 Å². The lowest BCUT2D eigenvalue weighted by atomic mass is 9.89. The van der Waals surface area contributed by atoms with Crippen molar-refractivity contribution in [1.29, 1.82) is 0 Å². The molecule has 2 aliphatic rings. The van der Waals surface area contributed by atoms with Crippen LogP contribution in [0.5, 0.6) is 0 Å². The minimum atomic E-state index is 0.0877. The summed E-state index contributed by atoms with van der Waals surface area (Å²) in [5, 5.41) is 0. The molecule has 0 aliphatic carbocycles. The summed E-state index contributed by atoms with van der Waals surface area (Å²) in [5.74, 6) is 0.446. The highest BCUT2D eigenvalue weighted by atomic mass is 16.5. The average Bonchev–Trinajstić information content (AvgIpc) is 2.51. The number of ketones is 1. The van der Waals surface area contributed by atoms with Crippen molar-refractivity contribution >= 4 is 17.4 Å². The van der Waals surface area contributed by atoms with Crippen LogP contribution < -0.4 is 4.90 Å². The van der Waals surface area contributed by atoms with Gasteiger partial charge in [-0.3, -0.25) is 9.59 Å². The molecule has 106 valence electrons. The van der Waals surface area contributed by atoms with Gasteiger partial charge in [0.1, 0.15) is 0 Å². The number of hydrogen-bond acceptors (Lipinski definition) is 3. The minimum Gasteiger partial charge on any atom is -0.381 e. The topological polar surface area (TPSA) is 46.6 Å². The molecular formula is C16H19NO3. The number of amides is 1. The first kappa shape index (κ1) is 13.3. The minimum absolute atomic E-state index is 0.0877. The normalized spacial score (nSPS) is 19.9. The monoisotopic (exact) mass is 273 g/mol. The zero-order valence-electron chi connectivity index (χ0n) is 11.7. The number of benzene rings is 1. The van der Waals surface area contributed by atoms with Crippen molar-refractivity contribution in [2.24, 2.45) is 5.92 Å². The van der Waals surface area contributed by atoms with Crippen LogP contribution in [0, 0.1) is 5.92 Å². The van der Waals surface area contributed by atoms with Crippen molar-refractivity contribution in [3.63, 3.8) is 0 Å². The lowest BCUT2D eigenvalue weighted by Gasteiger charge is -2.27. The lowest BCUT2D eigenvalue weighted by Crippen LogP contribution is -2.31. The Morgan fingerprint density at radius 2 is 2.00 bits per heavy atom. The van der Waals surface area contributed by atoms with Crippen LogP contribution in [0.15, 0.2) is 18.2 Å². The second-order valence-electron chi connectivity index (χ2n) is 5.55. The summed E-state index contributed by atoms with van der Waals surface area (Å²) in [5.41, 5.74) is 2.81. The summed E-state index contributed by atoms with van der Waals surface area (Å²) >= 11 is 0. The van der Waals surface area contributed by atoms with Gasteiger partial charge in [-0.2, -0.15) is 0 Å². The summed E-state index contributed by atoms with van der Waals surface area (Å²) in [6.45, 7) is 1.36. The first-order valence-corrected chi connectivity index (χ1v) is 7.18. The number of fused-ring (bicyclic) bond motifs is 1. The van der Waals surface area contributed by atoms with E-state index in [9.17, 15) is 9.59 Å². The molecule has 1 aromatic rings. The molecule has 1 fully saturated rings. The number of carbonyl (C=O) groups excluding carboxylic acids is 2. The van der Waals surface area contributed by atoms with E-state index in [0.29, 0.717) is 19.6 Å². The molecule has 0 unspecified atom stereocenters. The van der Waals surface area contributed by atoms with Gasteiger partial charge in [0.2, 0.25) is 5.91 Å². The molecule has 0 N–H and O–H groups in total. The highest BCUT2D eigenvalue weighted by molar-refractivity contribution is 6.00. The molecule has 4 nitrogen and oxygen atoms in total. The molecule has 0 saturated carbocycles. The molecule has 1 amide bonds. The molecule has 4 heteroatoms. The number of rotatable bonds is 2. The van der Waals surface area contributed by atoms with E-state index in [2.05, 4.69) is 0 Å². The van der Waals surface area contributed by atoms with Crippen molar-refractivity contribution in [2.75, 3.05) is 25.2 Å². The summed E-state index contributed by atoms with van der Waals surface area (Å²) < 4.78 is 5.31. The van der Waals surface area contributed by atoms with Gasteiger partial charge in [-0.25, -0.2) is 0 Å². The van der Waals surface area contributed by atoms with Gasteiger partial charge in [0.05, 0.1) is 0 Å². The van der Waals surface area contributed by atoms with Gasteiger partial charge in [0, 0.05) is 43.9 Å². The van der Waals surface area contributed by atoms with Crippen LogP contribution >= 0.6 is 0 Å². The Balaban J connectivity index is 1.85. The summed E-state index contributed by atoms with van der Waals surface area (Å²) in [7, 11) is 1.79. The first-order valence-electron chi connectivity index (χ1n) is 7.18. The van der Waals surface area contributed by atoms with Crippen molar-refractivity contribution in [3.8, 4) is 0 Å². The van der Waals surface area contributed by atoms with Gasteiger partial charge < -0.3 is 9.64 Å². The van der Waals surface area contributed by atoms with E-state index in [1.54, 1.807) is 11.9 Å². The van der Waals surface area contributed by atoms with E-state index in [-0.39, 0.29) is 17.6 Å². The predicted molar refractivity (Wildman–Crippen MR) is 76.0 cm³/mol. The Bertz CT molecular complexity index is 547. The maximum Gasteiger partial charge on any atom is 0.227 e. The summed E-state index contributed by atoms with van der Waals surface area (Å²) in [4.78, 5) is 25.8. The number of Topliss-reactive ketones (excluding diaryl/α,β-unsaturated/α-hetero) is 1. The number of anilines is 1. The average molecular weight is 273 g/mol. The highest BCUT2D eigenvalue weighted by Crippen LogP contribution is 2.29. The predicted octanol–water partition coefficient (Wildman–Crippen LogP) is 2.20. The molecule has 2 aliphatic heterocycles. The molecule has 1 aromatic carbocycles. The Morgan fingerprint density at radius 3 is 2.75 bits per heavy atom. The van der Waals surface area contributed by atoms with E-state index in [1.807, 2.05) is 18.2 Å². The fourth-order valence-corrected chi connectivity index (χ4v) is 3.01. The summed E-state index contributed by atoms with van der Waals surface area (Å²) in [6, 6.07) is 5.72. The third-order valence-corrected chi connectivity index (χ3v) is 4.30. The van der Waals surface area contributed by atoms with Crippen LogP contribution in [-0.2, 0) is 16.0 Å². The zero-order chi connectivity index (χ0) is 14.1. The maximum atomic E-state index is 12.5. The highest BCUT2D eigenvalue weighted by Gasteiger charge is 2.25. The Morgan fingerprint density at radius 1 is 1.25 bits per heavy atom. The first-order chi connectivity index (χ1) is 9.66. The largest absolute Gasteiger partial charge is 0.381 e. The van der Waals surface area contributed by atoms with Gasteiger partial charge in [0.15, 0.2) is 5.78 Å². The Hall–Kier alpha value is -1.68. The van der Waals surface area contributed by atoms with E-state index >= 15 is 0 Å². The summed E-state index contributed by atoms with van der Waals surface area (Å²) in [6.07, 6.45) is 2.88. The molecule has 2 heterocycles. The Labute approximate surface area is 118 Å². The second kappa shape index (κ2) is 5.37. The van der Waals surface area contributed by atoms with Gasteiger partial charge >= 0.3 is 0 Å². The molecular weight excluding hydrogens is 254 g/mol. The molecule has 1 saturated heterocycles. The Kier molecular flexibility index (Phi) is 3.57. The third kappa shape index (κ3) is 2.36. The van der Waals surface area contributed by atoms with Gasteiger partial charge in [-0.1, -0.05) is 0 Å². The number of nitrogens with zero attached hydrogens (tertiary/aromatic N) is 1. The second-order valence-corrected chi connectivity index (χ2v) is 5.55. The van der Waals surface area contributed by atoms with Crippen LogP contribution in [0.2, 0.25) is 0 Å². The van der Waals surface area contributed by atoms with Crippen LogP contribution in [0.25, 0.3) is 0 Å². The third-order valence-electron chi connectivity index (χ3n) is 4.30. The van der Waals surface area contributed by atoms with Crippen molar-refractivity contribution in [1.82, 2.24) is 0 Å². The van der Waals surface area contributed by atoms with Gasteiger partial charge in [-0.05, 0) is 43.0 Å². The number of ether oxygens (including phenoxy) is 1. The number of aryl methyl sites for hydroxylation is 1. The lowest BCUT2D eigenvalue weighted by molar-refractivity contribution is -0.118. The molecule has 0 aromatic heterocycles. The van der Waals surface area contributed by atoms with Crippen molar-refractivity contribution in [2.45, 2.75) is 25.7 Å². The maximum absolute atomic E-state index is 12.5. The quantitative estimate of drug-likeness (QED) is 0.776. The van der Waals surface area contributed by atoms with Crippen LogP contribution in [0.4, 0.5) is 5.69 Å². The smallest absolute Gasteiger partial charge is 0.227 e. The van der Waals surface area contributed by atoms with Crippen LogP contribution in [0.1, 0.15) is 35.2 Å². The molecule has 20 heavy (non-hydrogen) atoms. The fraction of sp³-hybridized carbons (Fsp3) is 0.500. The standard InChI is InChI=1S/C16H19NO3/c1-17-14-4-2-13(10-12(14)3-5-15(17)18)16(19)11-6-8-20-9-7-11/h2,4,10-11H,3,5-9H2,1H3. The molecule has 0 bridgehead atoms.